The molecule has 1 amide bonds. The van der Waals surface area contributed by atoms with E-state index in [1.54, 1.807) is 0 Å². The number of rotatable bonds is 7. The molecule has 138 valence electrons. The van der Waals surface area contributed by atoms with Crippen LogP contribution in [-0.4, -0.2) is 55.9 Å². The second kappa shape index (κ2) is 7.75. The van der Waals surface area contributed by atoms with Crippen LogP contribution in [0.1, 0.15) is 43.8 Å². The highest BCUT2D eigenvalue weighted by Gasteiger charge is 2.29. The Hall–Kier alpha value is -1.93. The number of nitrogens with one attached hydrogen (secondary N) is 1. The molecule has 1 N–H and O–H groups in total. The van der Waals surface area contributed by atoms with Gasteiger partial charge < -0.3 is 5.32 Å². The van der Waals surface area contributed by atoms with Gasteiger partial charge in [0.2, 0.25) is 11.1 Å². The van der Waals surface area contributed by atoms with Gasteiger partial charge in [0.15, 0.2) is 0 Å². The number of amides is 1. The van der Waals surface area contributed by atoms with Crippen LogP contribution >= 0.6 is 11.8 Å². The van der Waals surface area contributed by atoms with E-state index in [1.165, 1.54) is 17.3 Å². The molecule has 2 heterocycles. The van der Waals surface area contributed by atoms with Gasteiger partial charge in [-0.1, -0.05) is 42.1 Å². The number of hydrogen-bond acceptors (Lipinski definition) is 6. The Morgan fingerprint density at radius 1 is 1.31 bits per heavy atom. The molecule has 0 bridgehead atoms. The van der Waals surface area contributed by atoms with Gasteiger partial charge in [-0.2, -0.15) is 0 Å². The molecule has 1 saturated heterocycles. The zero-order valence-electron chi connectivity index (χ0n) is 14.9. The van der Waals surface area contributed by atoms with Gasteiger partial charge in [0.05, 0.1) is 11.8 Å². The lowest BCUT2D eigenvalue weighted by Gasteiger charge is -2.24. The van der Waals surface area contributed by atoms with E-state index < -0.39 is 0 Å². The first-order chi connectivity index (χ1) is 12.7. The highest BCUT2D eigenvalue weighted by Crippen LogP contribution is 2.36. The van der Waals surface area contributed by atoms with Gasteiger partial charge in [-0.3, -0.25) is 9.69 Å². The fourth-order valence-electron chi connectivity index (χ4n) is 3.43. The second-order valence-corrected chi connectivity index (χ2v) is 8.00. The number of likely N-dealkylation sites (tertiary alicyclic amines) is 1. The Kier molecular flexibility index (Phi) is 5.21. The van der Waals surface area contributed by atoms with E-state index in [1.807, 2.05) is 10.7 Å². The van der Waals surface area contributed by atoms with Crippen molar-refractivity contribution >= 4 is 17.7 Å². The van der Waals surface area contributed by atoms with Crippen LogP contribution in [0.3, 0.4) is 0 Å². The lowest BCUT2D eigenvalue weighted by atomic mass is 10.1. The zero-order chi connectivity index (χ0) is 17.9. The van der Waals surface area contributed by atoms with Gasteiger partial charge in [-0.15, -0.1) is 5.10 Å². The molecule has 2 atom stereocenters. The van der Waals surface area contributed by atoms with Crippen LogP contribution in [0.25, 0.3) is 0 Å². The molecule has 2 fully saturated rings. The molecule has 1 aromatic carbocycles. The molecule has 4 rings (SSSR count). The quantitative estimate of drug-likeness (QED) is 0.750. The van der Waals surface area contributed by atoms with Crippen molar-refractivity contribution in [3.05, 3.63) is 35.9 Å². The number of thioether (sulfide) groups is 1. The third-order valence-electron chi connectivity index (χ3n) is 5.10. The molecule has 2 aliphatic rings. The fourth-order valence-corrected chi connectivity index (χ4v) is 4.18. The number of nitrogens with zero attached hydrogens (tertiary/aromatic N) is 5. The lowest BCUT2D eigenvalue weighted by Crippen LogP contribution is -2.38. The predicted octanol–water partition coefficient (Wildman–Crippen LogP) is 2.05. The summed E-state index contributed by atoms with van der Waals surface area (Å²) in [5, 5.41) is 15.7. The summed E-state index contributed by atoms with van der Waals surface area (Å²) in [6.07, 6.45) is 3.25. The minimum Gasteiger partial charge on any atom is -0.351 e. The smallest absolute Gasteiger partial charge is 0.230 e. The first-order valence-corrected chi connectivity index (χ1v) is 10.2. The van der Waals surface area contributed by atoms with Gasteiger partial charge in [0.1, 0.15) is 0 Å². The summed E-state index contributed by atoms with van der Waals surface area (Å²) in [6.45, 7) is 4.13. The number of hydrogen-bond donors (Lipinski definition) is 1. The van der Waals surface area contributed by atoms with Gasteiger partial charge in [0.25, 0.3) is 0 Å². The standard InChI is InChI=1S/C18H24N6OS/c1-13(14-5-3-2-4-6-14)23-10-9-15(11-23)19-17(25)12-26-18-20-21-22-24(18)16-7-8-16/h2-6,13,15-16H,7-12H2,1H3,(H,19,25)/t13-,15-/m1/s1. The van der Waals surface area contributed by atoms with E-state index in [0.717, 1.165) is 37.5 Å². The van der Waals surface area contributed by atoms with E-state index in [4.69, 9.17) is 0 Å². The van der Waals surface area contributed by atoms with Gasteiger partial charge in [0, 0.05) is 25.2 Å². The Balaban J connectivity index is 1.24. The summed E-state index contributed by atoms with van der Waals surface area (Å²) < 4.78 is 1.84. The maximum atomic E-state index is 12.3. The summed E-state index contributed by atoms with van der Waals surface area (Å²) in [5.74, 6) is 0.414. The average molecular weight is 372 g/mol. The molecule has 2 aromatic rings. The third-order valence-corrected chi connectivity index (χ3v) is 6.04. The topological polar surface area (TPSA) is 75.9 Å². The molecular formula is C18H24N6OS. The highest BCUT2D eigenvalue weighted by atomic mass is 32.2. The van der Waals surface area contributed by atoms with Crippen LogP contribution in [0.15, 0.2) is 35.5 Å². The molecule has 7 nitrogen and oxygen atoms in total. The van der Waals surface area contributed by atoms with Crippen LogP contribution in [0.2, 0.25) is 0 Å². The Morgan fingerprint density at radius 3 is 2.88 bits per heavy atom. The maximum Gasteiger partial charge on any atom is 0.230 e. The van der Waals surface area contributed by atoms with Crippen LogP contribution in [-0.2, 0) is 4.79 Å². The van der Waals surface area contributed by atoms with Crippen LogP contribution in [0, 0.1) is 0 Å². The molecule has 26 heavy (non-hydrogen) atoms. The number of carbonyl (C=O) groups excluding carboxylic acids is 1. The molecule has 0 unspecified atom stereocenters. The molecule has 1 aromatic heterocycles. The van der Waals surface area contributed by atoms with Crippen LogP contribution < -0.4 is 5.32 Å². The zero-order valence-corrected chi connectivity index (χ0v) is 15.7. The fraction of sp³-hybridized carbons (Fsp3) is 0.556. The second-order valence-electron chi connectivity index (χ2n) is 7.06. The van der Waals surface area contributed by atoms with Crippen molar-refractivity contribution in [2.45, 2.75) is 49.5 Å². The monoisotopic (exact) mass is 372 g/mol. The molecule has 0 radical (unpaired) electrons. The minimum atomic E-state index is 0.0551. The molecule has 0 spiro atoms. The van der Waals surface area contributed by atoms with Gasteiger partial charge in [-0.05, 0) is 42.2 Å². The molecule has 1 aliphatic carbocycles. The first kappa shape index (κ1) is 17.5. The largest absolute Gasteiger partial charge is 0.351 e. The maximum absolute atomic E-state index is 12.3. The summed E-state index contributed by atoms with van der Waals surface area (Å²) in [7, 11) is 0. The Morgan fingerprint density at radius 2 is 2.12 bits per heavy atom. The summed E-state index contributed by atoms with van der Waals surface area (Å²) in [5.41, 5.74) is 1.32. The van der Waals surface area contributed by atoms with Crippen molar-refractivity contribution in [3.8, 4) is 0 Å². The van der Waals surface area contributed by atoms with Crippen LogP contribution in [0.4, 0.5) is 0 Å². The Bertz CT molecular complexity index is 747. The third kappa shape index (κ3) is 4.07. The summed E-state index contributed by atoms with van der Waals surface area (Å²) in [4.78, 5) is 14.7. The normalized spacial score (nSPS) is 21.7. The number of aromatic nitrogens is 4. The van der Waals surface area contributed by atoms with E-state index >= 15 is 0 Å². The number of carbonyl (C=O) groups is 1. The molecular weight excluding hydrogens is 348 g/mol. The van der Waals surface area contributed by atoms with Crippen molar-refractivity contribution in [3.63, 3.8) is 0 Å². The number of tetrazole rings is 1. The molecule has 8 heteroatoms. The van der Waals surface area contributed by atoms with E-state index in [0.29, 0.717) is 17.8 Å². The van der Waals surface area contributed by atoms with Crippen molar-refractivity contribution in [2.24, 2.45) is 0 Å². The van der Waals surface area contributed by atoms with E-state index in [9.17, 15) is 4.79 Å². The molecule has 1 aliphatic heterocycles. The van der Waals surface area contributed by atoms with Crippen molar-refractivity contribution < 1.29 is 4.79 Å². The van der Waals surface area contributed by atoms with E-state index in [-0.39, 0.29) is 11.9 Å². The SMILES string of the molecule is C[C@H](c1ccccc1)N1CC[C@@H](NC(=O)CSc2nnnn2C2CC2)C1. The predicted molar refractivity (Wildman–Crippen MR) is 99.8 cm³/mol. The minimum absolute atomic E-state index is 0.0551. The molecule has 1 saturated carbocycles. The lowest BCUT2D eigenvalue weighted by molar-refractivity contribution is -0.119. The van der Waals surface area contributed by atoms with Crippen molar-refractivity contribution in [1.29, 1.82) is 0 Å². The summed E-state index contributed by atoms with van der Waals surface area (Å²) >= 11 is 1.42. The van der Waals surface area contributed by atoms with Crippen LogP contribution in [0.5, 0.6) is 0 Å². The van der Waals surface area contributed by atoms with Crippen molar-refractivity contribution in [2.75, 3.05) is 18.8 Å². The van der Waals surface area contributed by atoms with Crippen molar-refractivity contribution in [1.82, 2.24) is 30.4 Å². The Labute approximate surface area is 157 Å². The number of benzene rings is 1. The van der Waals surface area contributed by atoms with Gasteiger partial charge >= 0.3 is 0 Å². The van der Waals surface area contributed by atoms with E-state index in [2.05, 4.69) is 56.9 Å². The first-order valence-electron chi connectivity index (χ1n) is 9.19. The average Bonchev–Trinajstić information content (AvgIpc) is 3.22. The van der Waals surface area contributed by atoms with Gasteiger partial charge in [-0.25, -0.2) is 4.68 Å². The summed E-state index contributed by atoms with van der Waals surface area (Å²) in [6, 6.07) is 11.5. The highest BCUT2D eigenvalue weighted by molar-refractivity contribution is 7.99.